The molecular formula is C53H74N2O8Si2. The molecule has 0 aliphatic carbocycles. The van der Waals surface area contributed by atoms with Crippen molar-refractivity contribution in [3.8, 4) is 0 Å². The number of aliphatic carboxylic acids is 1. The van der Waals surface area contributed by atoms with Gasteiger partial charge in [0.25, 0.3) is 16.6 Å². The molecule has 2 aliphatic heterocycles. The number of benzene rings is 4. The van der Waals surface area contributed by atoms with E-state index < -0.39 is 45.9 Å². The molecule has 0 bridgehead atoms. The summed E-state index contributed by atoms with van der Waals surface area (Å²) in [6, 6.07) is 40.5. The molecule has 0 radical (unpaired) electrons. The molecule has 352 valence electrons. The Morgan fingerprint density at radius 2 is 0.938 bits per heavy atom. The highest BCUT2D eigenvalue weighted by atomic mass is 28.4. The molecule has 10 nitrogen and oxygen atoms in total. The fourth-order valence-electron chi connectivity index (χ4n) is 9.46. The van der Waals surface area contributed by atoms with Crippen LogP contribution in [-0.4, -0.2) is 94.3 Å². The van der Waals surface area contributed by atoms with Crippen molar-refractivity contribution in [2.45, 2.75) is 129 Å². The molecule has 0 saturated carbocycles. The van der Waals surface area contributed by atoms with E-state index in [4.69, 9.17) is 18.3 Å². The minimum absolute atomic E-state index is 0.0802. The number of carbonyl (C=O) groups excluding carboxylic acids is 2. The van der Waals surface area contributed by atoms with Crippen molar-refractivity contribution in [2.75, 3.05) is 26.3 Å². The van der Waals surface area contributed by atoms with Gasteiger partial charge in [0.15, 0.2) is 0 Å². The monoisotopic (exact) mass is 922 g/mol. The summed E-state index contributed by atoms with van der Waals surface area (Å²) in [5.74, 6) is -1.44. The topological polar surface area (TPSA) is 124 Å². The van der Waals surface area contributed by atoms with Gasteiger partial charge >= 0.3 is 18.0 Å². The molecule has 1 amide bonds. The van der Waals surface area contributed by atoms with Crippen LogP contribution in [0.15, 0.2) is 121 Å². The molecule has 4 aromatic carbocycles. The smallest absolute Gasteiger partial charge is 0.411 e. The third-order valence-corrected chi connectivity index (χ3v) is 22.3. The maximum atomic E-state index is 12.8. The van der Waals surface area contributed by atoms with E-state index in [9.17, 15) is 19.5 Å². The summed E-state index contributed by atoms with van der Waals surface area (Å²) in [5.41, 5.74) is -1.19. The van der Waals surface area contributed by atoms with Gasteiger partial charge < -0.3 is 28.7 Å². The third kappa shape index (κ3) is 12.3. The van der Waals surface area contributed by atoms with E-state index in [1.165, 1.54) is 15.3 Å². The minimum atomic E-state index is -2.80. The summed E-state index contributed by atoms with van der Waals surface area (Å²) in [4.78, 5) is 39.1. The molecule has 2 saturated heterocycles. The lowest BCUT2D eigenvalue weighted by atomic mass is 10.0. The van der Waals surface area contributed by atoms with Crippen molar-refractivity contribution in [2.24, 2.45) is 11.8 Å². The van der Waals surface area contributed by atoms with Gasteiger partial charge in [-0.15, -0.1) is 0 Å². The van der Waals surface area contributed by atoms with Crippen molar-refractivity contribution < 1.29 is 37.8 Å². The lowest BCUT2D eigenvalue weighted by Crippen LogP contribution is -2.67. The molecule has 0 spiro atoms. The molecule has 2 heterocycles. The van der Waals surface area contributed by atoms with Gasteiger partial charge in [-0.2, -0.15) is 0 Å². The van der Waals surface area contributed by atoms with Crippen LogP contribution in [0.5, 0.6) is 0 Å². The van der Waals surface area contributed by atoms with E-state index in [-0.39, 0.29) is 40.5 Å². The Morgan fingerprint density at radius 3 is 1.28 bits per heavy atom. The molecule has 65 heavy (non-hydrogen) atoms. The summed E-state index contributed by atoms with van der Waals surface area (Å²) in [6.07, 6.45) is 0.865. The lowest BCUT2D eigenvalue weighted by molar-refractivity contribution is -0.158. The molecule has 0 unspecified atom stereocenters. The first kappa shape index (κ1) is 51.4. The van der Waals surface area contributed by atoms with Crippen molar-refractivity contribution >= 4 is 55.4 Å². The number of carbonyl (C=O) groups is 3. The predicted molar refractivity (Wildman–Crippen MR) is 265 cm³/mol. The quantitative estimate of drug-likeness (QED) is 0.107. The highest BCUT2D eigenvalue weighted by molar-refractivity contribution is 7.00. The van der Waals surface area contributed by atoms with E-state index in [1.807, 2.05) is 57.2 Å². The molecule has 0 aromatic heterocycles. The number of carboxylic acid groups (broad SMARTS) is 1. The van der Waals surface area contributed by atoms with Crippen LogP contribution in [-0.2, 0) is 27.9 Å². The average molecular weight is 923 g/mol. The normalized spacial score (nSPS) is 19.5. The Kier molecular flexibility index (Phi) is 16.5. The molecular weight excluding hydrogens is 849 g/mol. The van der Waals surface area contributed by atoms with Crippen LogP contribution in [0.3, 0.4) is 0 Å². The largest absolute Gasteiger partial charge is 0.480 e. The zero-order valence-corrected chi connectivity index (χ0v) is 42.9. The third-order valence-electron chi connectivity index (χ3n) is 12.3. The number of likely N-dealkylation sites (tertiary alicyclic amines) is 1. The second kappa shape index (κ2) is 20.9. The Morgan fingerprint density at radius 1 is 0.569 bits per heavy atom. The number of carboxylic acids is 1. The molecule has 2 N–H and O–H groups in total. The number of amides is 1. The fourth-order valence-corrected chi connectivity index (χ4v) is 18.7. The van der Waals surface area contributed by atoms with Gasteiger partial charge in [-0.3, -0.25) is 9.69 Å². The van der Waals surface area contributed by atoms with Crippen molar-refractivity contribution in [1.82, 2.24) is 10.2 Å². The van der Waals surface area contributed by atoms with E-state index in [0.29, 0.717) is 19.6 Å². The first-order chi connectivity index (χ1) is 30.4. The zero-order chi connectivity index (χ0) is 47.8. The zero-order valence-electron chi connectivity index (χ0n) is 40.9. The van der Waals surface area contributed by atoms with Gasteiger partial charge in [0, 0.05) is 31.6 Å². The Labute approximate surface area is 390 Å². The molecule has 2 fully saturated rings. The van der Waals surface area contributed by atoms with Crippen LogP contribution in [0, 0.1) is 11.8 Å². The van der Waals surface area contributed by atoms with Gasteiger partial charge in [-0.05, 0) is 91.8 Å². The Hall–Kier alpha value is -4.60. The van der Waals surface area contributed by atoms with Gasteiger partial charge in [0.2, 0.25) is 0 Å². The van der Waals surface area contributed by atoms with Crippen molar-refractivity contribution in [3.63, 3.8) is 0 Å². The molecule has 6 rings (SSSR count). The van der Waals surface area contributed by atoms with Crippen LogP contribution in [0.1, 0.15) is 95.9 Å². The second-order valence-electron chi connectivity index (χ2n) is 21.5. The minimum Gasteiger partial charge on any atom is -0.480 e. The number of rotatable bonds is 12. The highest BCUT2D eigenvalue weighted by Crippen LogP contribution is 2.39. The van der Waals surface area contributed by atoms with E-state index >= 15 is 0 Å². The van der Waals surface area contributed by atoms with Crippen LogP contribution >= 0.6 is 0 Å². The summed E-state index contributed by atoms with van der Waals surface area (Å²) in [6.45, 7) is 26.4. The van der Waals surface area contributed by atoms with Gasteiger partial charge in [-0.1, -0.05) is 163 Å². The number of hydrogen-bond donors (Lipinski definition) is 2. The van der Waals surface area contributed by atoms with Crippen LogP contribution in [0.4, 0.5) is 4.79 Å². The van der Waals surface area contributed by atoms with Crippen molar-refractivity contribution in [3.05, 3.63) is 121 Å². The van der Waals surface area contributed by atoms with Gasteiger partial charge in [0.05, 0.1) is 0 Å². The second-order valence-corrected chi connectivity index (χ2v) is 30.1. The number of ether oxygens (including phenoxy) is 2. The lowest BCUT2D eigenvalue weighted by Gasteiger charge is -2.43. The summed E-state index contributed by atoms with van der Waals surface area (Å²) in [5, 5.41) is 17.9. The highest BCUT2D eigenvalue weighted by Gasteiger charge is 2.53. The van der Waals surface area contributed by atoms with Crippen LogP contribution in [0.2, 0.25) is 10.1 Å². The van der Waals surface area contributed by atoms with E-state index in [0.717, 1.165) is 23.3 Å². The van der Waals surface area contributed by atoms with Gasteiger partial charge in [-0.25, -0.2) is 9.59 Å². The summed E-state index contributed by atoms with van der Waals surface area (Å²) >= 11 is 0. The first-order valence-electron chi connectivity index (χ1n) is 23.1. The molecule has 12 heteroatoms. The summed E-state index contributed by atoms with van der Waals surface area (Å²) in [7, 11) is -5.40. The van der Waals surface area contributed by atoms with Gasteiger partial charge in [0.1, 0.15) is 23.3 Å². The fraction of sp³-hybridized carbons (Fsp3) is 0.491. The maximum Gasteiger partial charge on any atom is 0.411 e. The standard InChI is InChI=1S/C27H37NO5Si.C26H37NO3Si/c1-26(2,3)33-25(31)28-18-17-20(23(28)24(29)30)19-32-34(27(4,5)6,21-13-9-7-10-14-21)22-15-11-8-12-16-22;1-25(2,3)30-24(28)23-20(17-18-27-23)19-29-31(26(4,5)6,21-13-9-7-10-14-21)22-15-11-8-12-16-22/h7-16,20,23H,17-19H2,1-6H3,(H,29,30);7-16,20,23,27H,17-19H2,1-6H3/t2*20-,23+/m11/s1. The Balaban J connectivity index is 0.000000245. The van der Waals surface area contributed by atoms with Crippen LogP contribution in [0.25, 0.3) is 0 Å². The predicted octanol–water partition coefficient (Wildman–Crippen LogP) is 8.16. The maximum absolute atomic E-state index is 12.8. The SMILES string of the molecule is CC(C)(C)OC(=O)N1CC[C@H](CO[Si](c2ccccc2)(c2ccccc2)C(C)(C)C)[C@H]1C(=O)O.CC(C)(C)OC(=O)[C@H]1NCC[C@@H]1CO[Si](c1ccccc1)(c1ccccc1)C(C)(C)C. The average Bonchev–Trinajstić information content (AvgIpc) is 3.89. The van der Waals surface area contributed by atoms with Crippen molar-refractivity contribution in [1.29, 1.82) is 0 Å². The number of nitrogens with one attached hydrogen (secondary N) is 1. The number of nitrogens with zero attached hydrogens (tertiary/aromatic N) is 1. The molecule has 2 aliphatic rings. The molecule has 4 atom stereocenters. The molecule has 4 aromatic rings. The number of hydrogen-bond acceptors (Lipinski definition) is 8. The first-order valence-corrected chi connectivity index (χ1v) is 26.9. The number of esters is 1. The van der Waals surface area contributed by atoms with Crippen LogP contribution < -0.4 is 26.1 Å². The van der Waals surface area contributed by atoms with E-state index in [1.54, 1.807) is 20.8 Å². The summed E-state index contributed by atoms with van der Waals surface area (Å²) < 4.78 is 25.2. The van der Waals surface area contributed by atoms with E-state index in [2.05, 4.69) is 132 Å². The Bertz CT molecular complexity index is 2070.